The first-order valence-corrected chi connectivity index (χ1v) is 8.61. The molecule has 0 aliphatic carbocycles. The molecule has 0 aliphatic rings. The van der Waals surface area contributed by atoms with Gasteiger partial charge >= 0.3 is 0 Å². The lowest BCUT2D eigenvalue weighted by Gasteiger charge is -2.18. The molecular formula is C18H17Cl2FN2O4. The van der Waals surface area contributed by atoms with Gasteiger partial charge in [0.25, 0.3) is 0 Å². The summed E-state index contributed by atoms with van der Waals surface area (Å²) in [7, 11) is 1.35. The number of methoxy groups -OCH3 is 1. The summed E-state index contributed by atoms with van der Waals surface area (Å²) in [6, 6.07) is 8.41. The van der Waals surface area contributed by atoms with Crippen molar-refractivity contribution in [2.24, 2.45) is 0 Å². The van der Waals surface area contributed by atoms with Crippen LogP contribution in [0.1, 0.15) is 24.3 Å². The molecule has 0 bridgehead atoms. The minimum atomic E-state index is -0.668. The van der Waals surface area contributed by atoms with Crippen LogP contribution in [0.4, 0.5) is 10.1 Å². The molecule has 3 N–H and O–H groups in total. The number of rotatable bonds is 7. The molecule has 2 amide bonds. The minimum Gasteiger partial charge on any atom is -0.494 e. The van der Waals surface area contributed by atoms with Gasteiger partial charge in [-0.05, 0) is 29.8 Å². The van der Waals surface area contributed by atoms with Gasteiger partial charge in [0, 0.05) is 34.9 Å². The molecule has 0 saturated heterocycles. The van der Waals surface area contributed by atoms with Crippen LogP contribution in [0.5, 0.6) is 5.75 Å². The SMILES string of the molecule is COc1cc(F)ccc1NC(=O)CC(CC(=O)NO)c1ccc(Cl)cc1Cl. The molecular weight excluding hydrogens is 398 g/mol. The molecule has 0 aliphatic heterocycles. The van der Waals surface area contributed by atoms with E-state index in [1.54, 1.807) is 17.6 Å². The summed E-state index contributed by atoms with van der Waals surface area (Å²) in [5.74, 6) is -2.07. The minimum absolute atomic E-state index is 0.116. The molecule has 2 rings (SSSR count). The summed E-state index contributed by atoms with van der Waals surface area (Å²) < 4.78 is 18.3. The molecule has 6 nitrogen and oxygen atoms in total. The van der Waals surface area contributed by atoms with E-state index in [9.17, 15) is 14.0 Å². The number of hydrogen-bond donors (Lipinski definition) is 3. The molecule has 1 atom stereocenters. The molecule has 0 spiro atoms. The van der Waals surface area contributed by atoms with E-state index in [0.29, 0.717) is 15.6 Å². The molecule has 0 radical (unpaired) electrons. The number of benzene rings is 2. The van der Waals surface area contributed by atoms with Crippen molar-refractivity contribution in [3.63, 3.8) is 0 Å². The second-order valence-electron chi connectivity index (χ2n) is 5.70. The van der Waals surface area contributed by atoms with E-state index in [0.717, 1.165) is 6.07 Å². The fraction of sp³-hybridized carbons (Fsp3) is 0.222. The molecule has 1 unspecified atom stereocenters. The predicted octanol–water partition coefficient (Wildman–Crippen LogP) is 4.15. The van der Waals surface area contributed by atoms with Crippen LogP contribution in [-0.2, 0) is 9.59 Å². The smallest absolute Gasteiger partial charge is 0.243 e. The maximum atomic E-state index is 13.3. The van der Waals surface area contributed by atoms with E-state index < -0.39 is 23.5 Å². The zero-order valence-electron chi connectivity index (χ0n) is 14.3. The van der Waals surface area contributed by atoms with Gasteiger partial charge in [-0.15, -0.1) is 0 Å². The van der Waals surface area contributed by atoms with Crippen molar-refractivity contribution in [1.29, 1.82) is 0 Å². The molecule has 2 aromatic carbocycles. The third kappa shape index (κ3) is 5.82. The van der Waals surface area contributed by atoms with Crippen molar-refractivity contribution in [3.05, 3.63) is 57.8 Å². The lowest BCUT2D eigenvalue weighted by molar-refractivity contribution is -0.129. The lowest BCUT2D eigenvalue weighted by atomic mass is 9.91. The monoisotopic (exact) mass is 414 g/mol. The predicted molar refractivity (Wildman–Crippen MR) is 99.9 cm³/mol. The Kier molecular flexibility index (Phi) is 7.41. The Hall–Kier alpha value is -2.35. The van der Waals surface area contributed by atoms with Crippen LogP contribution in [0, 0.1) is 5.82 Å². The topological polar surface area (TPSA) is 87.7 Å². The third-order valence-corrected chi connectivity index (χ3v) is 4.39. The van der Waals surface area contributed by atoms with Crippen LogP contribution in [0.15, 0.2) is 36.4 Å². The Morgan fingerprint density at radius 1 is 1.15 bits per heavy atom. The highest BCUT2D eigenvalue weighted by Crippen LogP contribution is 2.33. The molecule has 27 heavy (non-hydrogen) atoms. The average molecular weight is 415 g/mol. The first-order chi connectivity index (χ1) is 12.8. The lowest BCUT2D eigenvalue weighted by Crippen LogP contribution is -2.24. The molecule has 0 saturated carbocycles. The van der Waals surface area contributed by atoms with E-state index in [-0.39, 0.29) is 24.3 Å². The van der Waals surface area contributed by atoms with Gasteiger partial charge in [-0.1, -0.05) is 29.3 Å². The number of hydrogen-bond acceptors (Lipinski definition) is 4. The summed E-state index contributed by atoms with van der Waals surface area (Å²) >= 11 is 12.1. The highest BCUT2D eigenvalue weighted by molar-refractivity contribution is 6.35. The van der Waals surface area contributed by atoms with E-state index in [1.807, 2.05) is 0 Å². The Morgan fingerprint density at radius 3 is 2.48 bits per heavy atom. The van der Waals surface area contributed by atoms with Crippen LogP contribution in [0.25, 0.3) is 0 Å². The van der Waals surface area contributed by atoms with Gasteiger partial charge < -0.3 is 10.1 Å². The number of ether oxygens (including phenoxy) is 1. The highest BCUT2D eigenvalue weighted by Gasteiger charge is 2.22. The van der Waals surface area contributed by atoms with E-state index in [1.165, 1.54) is 25.3 Å². The maximum absolute atomic E-state index is 13.3. The number of carbonyl (C=O) groups excluding carboxylic acids is 2. The van der Waals surface area contributed by atoms with Crippen molar-refractivity contribution < 1.29 is 23.9 Å². The van der Waals surface area contributed by atoms with Crippen molar-refractivity contribution in [1.82, 2.24) is 5.48 Å². The fourth-order valence-corrected chi connectivity index (χ4v) is 3.15. The number of nitrogens with one attached hydrogen (secondary N) is 2. The molecule has 0 fully saturated rings. The summed E-state index contributed by atoms with van der Waals surface area (Å²) in [6.07, 6.45) is -0.291. The van der Waals surface area contributed by atoms with Crippen LogP contribution >= 0.6 is 23.2 Å². The quantitative estimate of drug-likeness (QED) is 0.469. The number of halogens is 3. The van der Waals surface area contributed by atoms with E-state index in [4.69, 9.17) is 33.1 Å². The van der Waals surface area contributed by atoms with Gasteiger partial charge in [-0.2, -0.15) is 0 Å². The van der Waals surface area contributed by atoms with Gasteiger partial charge in [0.15, 0.2) is 0 Å². The third-order valence-electron chi connectivity index (χ3n) is 3.83. The summed E-state index contributed by atoms with van der Waals surface area (Å²) in [4.78, 5) is 24.1. The van der Waals surface area contributed by atoms with Gasteiger partial charge in [0.1, 0.15) is 11.6 Å². The Labute approximate surface area is 165 Å². The van der Waals surface area contributed by atoms with Gasteiger partial charge in [0.05, 0.1) is 12.8 Å². The Balaban J connectivity index is 2.21. The standard InChI is InChI=1S/C18H17Cl2FN2O4/c1-27-16-9-12(21)3-5-15(16)22-17(24)6-10(7-18(25)23-26)13-4-2-11(19)8-14(13)20/h2-5,8-10,26H,6-7H2,1H3,(H,22,24)(H,23,25). The van der Waals surface area contributed by atoms with Crippen LogP contribution in [-0.4, -0.2) is 24.1 Å². The number of hydroxylamine groups is 1. The van der Waals surface area contributed by atoms with Crippen LogP contribution in [0.2, 0.25) is 10.0 Å². The Bertz CT molecular complexity index is 848. The van der Waals surface area contributed by atoms with Crippen LogP contribution in [0.3, 0.4) is 0 Å². The zero-order chi connectivity index (χ0) is 20.0. The summed E-state index contributed by atoms with van der Waals surface area (Å²) in [6.45, 7) is 0. The number of carbonyl (C=O) groups is 2. The van der Waals surface area contributed by atoms with E-state index >= 15 is 0 Å². The van der Waals surface area contributed by atoms with E-state index in [2.05, 4.69) is 5.32 Å². The van der Waals surface area contributed by atoms with Gasteiger partial charge in [-0.25, -0.2) is 9.87 Å². The van der Waals surface area contributed by atoms with Crippen molar-refractivity contribution in [3.8, 4) is 5.75 Å². The Morgan fingerprint density at radius 2 is 1.85 bits per heavy atom. The van der Waals surface area contributed by atoms with Crippen LogP contribution < -0.4 is 15.5 Å². The average Bonchev–Trinajstić information content (AvgIpc) is 2.62. The summed E-state index contributed by atoms with van der Waals surface area (Å²) in [5, 5.41) is 12.1. The fourth-order valence-electron chi connectivity index (χ4n) is 2.59. The molecule has 0 heterocycles. The number of anilines is 1. The number of amides is 2. The molecule has 9 heteroatoms. The highest BCUT2D eigenvalue weighted by atomic mass is 35.5. The maximum Gasteiger partial charge on any atom is 0.243 e. The molecule has 144 valence electrons. The zero-order valence-corrected chi connectivity index (χ0v) is 15.8. The molecule has 2 aromatic rings. The summed E-state index contributed by atoms with van der Waals surface area (Å²) in [5.41, 5.74) is 2.36. The second-order valence-corrected chi connectivity index (χ2v) is 6.54. The molecule has 0 aromatic heterocycles. The van der Waals surface area contributed by atoms with Gasteiger partial charge in [0.2, 0.25) is 11.8 Å². The van der Waals surface area contributed by atoms with Crippen molar-refractivity contribution >= 4 is 40.7 Å². The first kappa shape index (κ1) is 21.0. The van der Waals surface area contributed by atoms with Crippen molar-refractivity contribution in [2.45, 2.75) is 18.8 Å². The normalized spacial score (nSPS) is 11.6. The second kappa shape index (κ2) is 9.55. The van der Waals surface area contributed by atoms with Crippen molar-refractivity contribution in [2.75, 3.05) is 12.4 Å². The largest absolute Gasteiger partial charge is 0.494 e. The van der Waals surface area contributed by atoms with Gasteiger partial charge in [-0.3, -0.25) is 14.8 Å². The first-order valence-electron chi connectivity index (χ1n) is 7.85.